The number of likely N-dealkylation sites (tertiary alicyclic amines) is 1. The lowest BCUT2D eigenvalue weighted by Crippen LogP contribution is -2.52. The Bertz CT molecular complexity index is 740. The molecule has 2 fully saturated rings. The lowest BCUT2D eigenvalue weighted by molar-refractivity contribution is 0.0133. The van der Waals surface area contributed by atoms with Crippen LogP contribution in [0.2, 0.25) is 0 Å². The molecule has 0 saturated carbocycles. The van der Waals surface area contributed by atoms with Crippen molar-refractivity contribution in [1.82, 2.24) is 14.9 Å². The van der Waals surface area contributed by atoms with Crippen LogP contribution in [0.3, 0.4) is 0 Å². The Morgan fingerprint density at radius 3 is 2.88 bits per heavy atom. The number of amides is 1. The summed E-state index contributed by atoms with van der Waals surface area (Å²) in [4.78, 5) is 25.6. The number of pyridine rings is 2. The molecule has 0 unspecified atom stereocenters. The monoisotopic (exact) mass is 352 g/mol. The molecule has 2 aromatic rings. The lowest BCUT2D eigenvalue weighted by Gasteiger charge is -2.43. The van der Waals surface area contributed by atoms with E-state index in [9.17, 15) is 4.79 Å². The highest BCUT2D eigenvalue weighted by molar-refractivity contribution is 5.92. The smallest absolute Gasteiger partial charge is 0.272 e. The zero-order valence-electron chi connectivity index (χ0n) is 14.9. The second-order valence-corrected chi connectivity index (χ2v) is 7.23. The van der Waals surface area contributed by atoms with E-state index in [-0.39, 0.29) is 11.3 Å². The Labute approximate surface area is 153 Å². The number of hydrogen-bond donors (Lipinski definition) is 0. The normalized spacial score (nSPS) is 23.7. The van der Waals surface area contributed by atoms with Gasteiger partial charge in [-0.15, -0.1) is 0 Å². The van der Waals surface area contributed by atoms with Gasteiger partial charge in [0.2, 0.25) is 0 Å². The third-order valence-electron chi connectivity index (χ3n) is 5.28. The molecule has 0 aliphatic carbocycles. The van der Waals surface area contributed by atoms with E-state index in [4.69, 9.17) is 4.74 Å². The second-order valence-electron chi connectivity index (χ2n) is 7.23. The Morgan fingerprint density at radius 1 is 1.12 bits per heavy atom. The third kappa shape index (κ3) is 3.55. The summed E-state index contributed by atoms with van der Waals surface area (Å²) < 4.78 is 5.96. The van der Waals surface area contributed by atoms with E-state index in [0.717, 1.165) is 38.2 Å². The van der Waals surface area contributed by atoms with Crippen molar-refractivity contribution in [2.75, 3.05) is 44.3 Å². The number of piperidine rings is 1. The zero-order valence-corrected chi connectivity index (χ0v) is 14.9. The van der Waals surface area contributed by atoms with Gasteiger partial charge in [-0.25, -0.2) is 0 Å². The summed E-state index contributed by atoms with van der Waals surface area (Å²) in [6.45, 7) is 4.61. The number of hydrogen-bond acceptors (Lipinski definition) is 5. The predicted octanol–water partition coefficient (Wildman–Crippen LogP) is 2.24. The van der Waals surface area contributed by atoms with E-state index in [2.05, 4.69) is 20.9 Å². The molecule has 1 amide bonds. The summed E-state index contributed by atoms with van der Waals surface area (Å²) in [6, 6.07) is 9.53. The largest absolute Gasteiger partial charge is 0.379 e. The molecule has 2 saturated heterocycles. The van der Waals surface area contributed by atoms with E-state index in [1.807, 2.05) is 29.3 Å². The van der Waals surface area contributed by atoms with Gasteiger partial charge < -0.3 is 14.5 Å². The first-order valence-corrected chi connectivity index (χ1v) is 9.19. The highest BCUT2D eigenvalue weighted by Gasteiger charge is 2.40. The van der Waals surface area contributed by atoms with Crippen molar-refractivity contribution in [3.8, 4) is 0 Å². The molecule has 1 spiro atoms. The Balaban J connectivity index is 1.53. The summed E-state index contributed by atoms with van der Waals surface area (Å²) >= 11 is 0. The fraction of sp³-hybridized carbons (Fsp3) is 0.450. The Hall–Kier alpha value is -2.47. The number of anilines is 1. The van der Waals surface area contributed by atoms with Crippen molar-refractivity contribution >= 4 is 11.6 Å². The summed E-state index contributed by atoms with van der Waals surface area (Å²) in [5, 5.41) is 0. The molecule has 0 N–H and O–H groups in total. The summed E-state index contributed by atoms with van der Waals surface area (Å²) in [5.41, 5.74) is 1.59. The second kappa shape index (κ2) is 7.41. The highest BCUT2D eigenvalue weighted by atomic mass is 16.5. The van der Waals surface area contributed by atoms with Gasteiger partial charge in [-0.2, -0.15) is 0 Å². The number of carbonyl (C=O) groups is 1. The van der Waals surface area contributed by atoms with Gasteiger partial charge in [-0.1, -0.05) is 6.07 Å². The van der Waals surface area contributed by atoms with Gasteiger partial charge in [-0.05, 0) is 37.1 Å². The van der Waals surface area contributed by atoms with E-state index >= 15 is 0 Å². The van der Waals surface area contributed by atoms with Gasteiger partial charge in [0.1, 0.15) is 5.69 Å². The molecule has 0 aromatic carbocycles. The van der Waals surface area contributed by atoms with E-state index < -0.39 is 0 Å². The van der Waals surface area contributed by atoms with Gasteiger partial charge in [0.15, 0.2) is 0 Å². The summed E-state index contributed by atoms with van der Waals surface area (Å²) in [6.07, 6.45) is 7.42. The maximum absolute atomic E-state index is 12.9. The molecule has 4 heterocycles. The minimum atomic E-state index is -0.0466. The molecule has 2 aromatic heterocycles. The third-order valence-corrected chi connectivity index (χ3v) is 5.28. The number of nitrogens with zero attached hydrogens (tertiary/aromatic N) is 4. The molecule has 1 atom stereocenters. The molecule has 26 heavy (non-hydrogen) atoms. The molecule has 4 rings (SSSR count). The quantitative estimate of drug-likeness (QED) is 0.830. The SMILES string of the molecule is O=C(c1ccccn1)N1CCC[C@]2(COCCN(c3cccnc3)C2)C1. The van der Waals surface area contributed by atoms with Gasteiger partial charge >= 0.3 is 0 Å². The van der Waals surface area contributed by atoms with Crippen LogP contribution in [0.15, 0.2) is 48.9 Å². The van der Waals surface area contributed by atoms with Crippen molar-refractivity contribution in [3.63, 3.8) is 0 Å². The zero-order chi connectivity index (χ0) is 17.8. The molecular weight excluding hydrogens is 328 g/mol. The molecule has 0 radical (unpaired) electrons. The van der Waals surface area contributed by atoms with Crippen LogP contribution in [-0.2, 0) is 4.74 Å². The van der Waals surface area contributed by atoms with Gasteiger partial charge in [0, 0.05) is 44.0 Å². The molecule has 2 aliphatic heterocycles. The van der Waals surface area contributed by atoms with Crippen LogP contribution in [0.4, 0.5) is 5.69 Å². The average Bonchev–Trinajstić information content (AvgIpc) is 2.91. The Kier molecular flexibility index (Phi) is 4.84. The standard InChI is InChI=1S/C20H24N4O2/c25-19(18-6-1-2-9-22-18)24-10-4-7-20(15-24)14-23(11-12-26-16-20)17-5-3-8-21-13-17/h1-3,5-6,8-9,13H,4,7,10-12,14-16H2/t20-/m1/s1. The van der Waals surface area contributed by atoms with Crippen molar-refractivity contribution in [3.05, 3.63) is 54.6 Å². The number of ether oxygens (including phenoxy) is 1. The van der Waals surface area contributed by atoms with E-state index in [0.29, 0.717) is 25.5 Å². The van der Waals surface area contributed by atoms with Crippen LogP contribution in [0.1, 0.15) is 23.3 Å². The van der Waals surface area contributed by atoms with Crippen molar-refractivity contribution in [2.24, 2.45) is 5.41 Å². The average molecular weight is 352 g/mol. The molecular formula is C20H24N4O2. The van der Waals surface area contributed by atoms with Crippen molar-refractivity contribution in [2.45, 2.75) is 12.8 Å². The lowest BCUT2D eigenvalue weighted by atomic mass is 9.80. The molecule has 0 bridgehead atoms. The molecule has 2 aliphatic rings. The molecule has 136 valence electrons. The first kappa shape index (κ1) is 17.0. The molecule has 6 nitrogen and oxygen atoms in total. The van der Waals surface area contributed by atoms with Gasteiger partial charge in [-0.3, -0.25) is 14.8 Å². The summed E-state index contributed by atoms with van der Waals surface area (Å²) in [5.74, 6) is 0.0156. The fourth-order valence-electron chi connectivity index (χ4n) is 4.03. The van der Waals surface area contributed by atoms with Crippen molar-refractivity contribution in [1.29, 1.82) is 0 Å². The summed E-state index contributed by atoms with van der Waals surface area (Å²) in [7, 11) is 0. The fourth-order valence-corrected chi connectivity index (χ4v) is 4.03. The minimum Gasteiger partial charge on any atom is -0.379 e. The van der Waals surface area contributed by atoms with E-state index in [1.54, 1.807) is 18.5 Å². The van der Waals surface area contributed by atoms with Crippen LogP contribution >= 0.6 is 0 Å². The number of rotatable bonds is 2. The maximum atomic E-state index is 12.9. The highest BCUT2D eigenvalue weighted by Crippen LogP contribution is 2.34. The Morgan fingerprint density at radius 2 is 2.08 bits per heavy atom. The van der Waals surface area contributed by atoms with Crippen LogP contribution < -0.4 is 4.90 Å². The maximum Gasteiger partial charge on any atom is 0.272 e. The minimum absolute atomic E-state index is 0.0156. The van der Waals surface area contributed by atoms with Gasteiger partial charge in [0.25, 0.3) is 5.91 Å². The van der Waals surface area contributed by atoms with E-state index in [1.165, 1.54) is 0 Å². The number of aromatic nitrogens is 2. The molecule has 6 heteroatoms. The predicted molar refractivity (Wildman–Crippen MR) is 99.1 cm³/mol. The van der Waals surface area contributed by atoms with Crippen LogP contribution in [0.5, 0.6) is 0 Å². The first-order valence-electron chi connectivity index (χ1n) is 9.19. The van der Waals surface area contributed by atoms with Crippen LogP contribution in [-0.4, -0.2) is 60.2 Å². The van der Waals surface area contributed by atoms with Crippen LogP contribution in [0, 0.1) is 5.41 Å². The number of carbonyl (C=O) groups excluding carboxylic acids is 1. The topological polar surface area (TPSA) is 58.6 Å². The first-order chi connectivity index (χ1) is 12.8. The van der Waals surface area contributed by atoms with Gasteiger partial charge in [0.05, 0.1) is 25.1 Å². The van der Waals surface area contributed by atoms with Crippen molar-refractivity contribution < 1.29 is 9.53 Å². The van der Waals surface area contributed by atoms with Crippen LogP contribution in [0.25, 0.3) is 0 Å².